The lowest BCUT2D eigenvalue weighted by Gasteiger charge is -2.26. The molecule has 14 heavy (non-hydrogen) atoms. The zero-order chi connectivity index (χ0) is 10.4. The molecular weight excluding hydrogens is 198 g/mol. The van der Waals surface area contributed by atoms with Crippen LogP contribution in [0.2, 0.25) is 0 Å². The summed E-state index contributed by atoms with van der Waals surface area (Å²) in [5, 5.41) is 3.93. The molecule has 0 bridgehead atoms. The van der Waals surface area contributed by atoms with Gasteiger partial charge in [-0.05, 0) is 39.5 Å². The van der Waals surface area contributed by atoms with Gasteiger partial charge in [0.15, 0.2) is 0 Å². The van der Waals surface area contributed by atoms with Crippen LogP contribution in [0.5, 0.6) is 0 Å². The van der Waals surface area contributed by atoms with Gasteiger partial charge in [0.05, 0.1) is 12.7 Å². The Kier molecular flexibility index (Phi) is 5.83. The molecule has 0 aromatic heterocycles. The molecule has 0 aliphatic heterocycles. The van der Waals surface area contributed by atoms with E-state index in [-0.39, 0.29) is 0 Å². The largest absolute Gasteiger partial charge is 0.377 e. The summed E-state index contributed by atoms with van der Waals surface area (Å²) < 4.78 is 5.47. The van der Waals surface area contributed by atoms with Crippen molar-refractivity contribution in [3.63, 3.8) is 0 Å². The van der Waals surface area contributed by atoms with E-state index in [1.165, 1.54) is 12.8 Å². The summed E-state index contributed by atoms with van der Waals surface area (Å²) in [6.07, 6.45) is 5.09. The Labute approximate surface area is 92.3 Å². The van der Waals surface area contributed by atoms with Crippen molar-refractivity contribution in [1.29, 1.82) is 0 Å². The summed E-state index contributed by atoms with van der Waals surface area (Å²) in [4.78, 5) is 0. The molecule has 0 atom stereocenters. The lowest BCUT2D eigenvalue weighted by molar-refractivity contribution is 0.0785. The van der Waals surface area contributed by atoms with Crippen molar-refractivity contribution in [3.05, 3.63) is 0 Å². The van der Waals surface area contributed by atoms with Crippen molar-refractivity contribution in [1.82, 2.24) is 5.32 Å². The minimum Gasteiger partial charge on any atom is -0.377 e. The maximum Gasteiger partial charge on any atom is 0.0594 e. The molecule has 1 saturated carbocycles. The molecule has 1 N–H and O–H groups in total. The van der Waals surface area contributed by atoms with Crippen LogP contribution in [-0.4, -0.2) is 30.7 Å². The van der Waals surface area contributed by atoms with E-state index in [2.05, 4.69) is 19.2 Å². The highest BCUT2D eigenvalue weighted by molar-refractivity contribution is 6.20. The molecule has 0 unspecified atom stereocenters. The van der Waals surface area contributed by atoms with E-state index in [4.69, 9.17) is 16.3 Å². The summed E-state index contributed by atoms with van der Waals surface area (Å²) in [5.41, 5.74) is 0. The summed E-state index contributed by atoms with van der Waals surface area (Å²) in [6.45, 7) is 5.92. The van der Waals surface area contributed by atoms with Gasteiger partial charge in [0.2, 0.25) is 0 Å². The number of nitrogens with one attached hydrogen (secondary N) is 1. The Bertz CT molecular complexity index is 144. The highest BCUT2D eigenvalue weighted by Gasteiger charge is 2.18. The van der Waals surface area contributed by atoms with E-state index >= 15 is 0 Å². The number of ether oxygens (including phenoxy) is 1. The van der Waals surface area contributed by atoms with Crippen LogP contribution in [0.25, 0.3) is 0 Å². The zero-order valence-corrected chi connectivity index (χ0v) is 10.0. The fourth-order valence-corrected chi connectivity index (χ4v) is 2.07. The van der Waals surface area contributed by atoms with Crippen molar-refractivity contribution in [2.24, 2.45) is 0 Å². The van der Waals surface area contributed by atoms with Gasteiger partial charge in [-0.25, -0.2) is 0 Å². The van der Waals surface area contributed by atoms with Crippen LogP contribution in [0.4, 0.5) is 0 Å². The zero-order valence-electron chi connectivity index (χ0n) is 9.26. The van der Waals surface area contributed by atoms with Gasteiger partial charge >= 0.3 is 0 Å². The molecule has 0 heterocycles. The Morgan fingerprint density at radius 3 is 2.50 bits per heavy atom. The van der Waals surface area contributed by atoms with Crippen molar-refractivity contribution in [2.75, 3.05) is 13.2 Å². The van der Waals surface area contributed by atoms with Gasteiger partial charge in [-0.1, -0.05) is 0 Å². The Hall–Kier alpha value is 0.210. The highest BCUT2D eigenvalue weighted by Crippen LogP contribution is 2.22. The van der Waals surface area contributed by atoms with Gasteiger partial charge in [-0.15, -0.1) is 11.6 Å². The first-order chi connectivity index (χ1) is 6.68. The lowest BCUT2D eigenvalue weighted by atomic mass is 9.95. The summed E-state index contributed by atoms with van der Waals surface area (Å²) in [6, 6.07) is 0.667. The molecule has 1 fully saturated rings. The maximum absolute atomic E-state index is 6.03. The molecule has 0 aromatic rings. The van der Waals surface area contributed by atoms with Crippen LogP contribution < -0.4 is 5.32 Å². The summed E-state index contributed by atoms with van der Waals surface area (Å²) in [5.74, 6) is 0. The van der Waals surface area contributed by atoms with E-state index in [9.17, 15) is 0 Å². The van der Waals surface area contributed by atoms with Crippen molar-refractivity contribution in [3.8, 4) is 0 Å². The van der Waals surface area contributed by atoms with E-state index in [1.54, 1.807) is 0 Å². The van der Waals surface area contributed by atoms with Crippen LogP contribution in [0.3, 0.4) is 0 Å². The molecule has 0 aromatic carbocycles. The summed E-state index contributed by atoms with van der Waals surface area (Å²) >= 11 is 6.03. The molecule has 1 aliphatic carbocycles. The van der Waals surface area contributed by atoms with Gasteiger partial charge in [-0.2, -0.15) is 0 Å². The quantitative estimate of drug-likeness (QED) is 0.567. The molecular formula is C11H22ClNO. The molecule has 0 spiro atoms. The third-order valence-electron chi connectivity index (χ3n) is 2.64. The van der Waals surface area contributed by atoms with Crippen molar-refractivity contribution < 1.29 is 4.74 Å². The van der Waals surface area contributed by atoms with E-state index < -0.39 is 0 Å². The van der Waals surface area contributed by atoms with Gasteiger partial charge in [0.25, 0.3) is 0 Å². The molecule has 0 amide bonds. The van der Waals surface area contributed by atoms with Crippen LogP contribution in [0.15, 0.2) is 0 Å². The number of rotatable bonds is 5. The minimum atomic E-state index is 0.343. The first kappa shape index (κ1) is 12.3. The van der Waals surface area contributed by atoms with Crippen molar-refractivity contribution >= 4 is 11.6 Å². The molecule has 0 radical (unpaired) electrons. The SMILES string of the molecule is CC(C)OCCNC1CCC(Cl)CC1. The van der Waals surface area contributed by atoms with E-state index in [0.717, 1.165) is 26.0 Å². The van der Waals surface area contributed by atoms with Gasteiger partial charge in [-0.3, -0.25) is 0 Å². The molecule has 2 nitrogen and oxygen atoms in total. The third-order valence-corrected chi connectivity index (χ3v) is 3.08. The van der Waals surface area contributed by atoms with Gasteiger partial charge in [0, 0.05) is 18.0 Å². The molecule has 84 valence electrons. The van der Waals surface area contributed by atoms with Gasteiger partial charge < -0.3 is 10.1 Å². The van der Waals surface area contributed by atoms with Crippen molar-refractivity contribution in [2.45, 2.75) is 57.1 Å². The lowest BCUT2D eigenvalue weighted by Crippen LogP contribution is -2.35. The first-order valence-corrected chi connectivity index (χ1v) is 6.11. The molecule has 1 aliphatic rings. The first-order valence-electron chi connectivity index (χ1n) is 5.67. The number of halogens is 1. The second kappa shape index (κ2) is 6.65. The van der Waals surface area contributed by atoms with E-state index in [1.807, 2.05) is 0 Å². The average Bonchev–Trinajstić information content (AvgIpc) is 2.15. The van der Waals surface area contributed by atoms with Crippen LogP contribution in [0.1, 0.15) is 39.5 Å². The average molecular weight is 220 g/mol. The maximum atomic E-state index is 6.03. The third kappa shape index (κ3) is 5.18. The second-order valence-electron chi connectivity index (χ2n) is 4.32. The molecule has 1 rings (SSSR count). The predicted molar refractivity (Wildman–Crippen MR) is 61.0 cm³/mol. The second-order valence-corrected chi connectivity index (χ2v) is 4.94. The highest BCUT2D eigenvalue weighted by atomic mass is 35.5. The Balaban J connectivity index is 1.96. The fraction of sp³-hybridized carbons (Fsp3) is 1.00. The van der Waals surface area contributed by atoms with E-state index in [0.29, 0.717) is 17.5 Å². The van der Waals surface area contributed by atoms with Crippen LogP contribution >= 0.6 is 11.6 Å². The normalized spacial score (nSPS) is 28.3. The molecule has 3 heteroatoms. The minimum absolute atomic E-state index is 0.343. The number of hydrogen-bond acceptors (Lipinski definition) is 2. The Morgan fingerprint density at radius 2 is 1.93 bits per heavy atom. The summed E-state index contributed by atoms with van der Waals surface area (Å²) in [7, 11) is 0. The van der Waals surface area contributed by atoms with Gasteiger partial charge in [0.1, 0.15) is 0 Å². The number of hydrogen-bond donors (Lipinski definition) is 1. The van der Waals surface area contributed by atoms with Crippen LogP contribution in [-0.2, 0) is 4.74 Å². The molecule has 0 saturated heterocycles. The smallest absolute Gasteiger partial charge is 0.0594 e. The monoisotopic (exact) mass is 219 g/mol. The Morgan fingerprint density at radius 1 is 1.29 bits per heavy atom. The van der Waals surface area contributed by atoms with Crippen LogP contribution in [0, 0.1) is 0 Å². The predicted octanol–water partition coefficient (Wildman–Crippen LogP) is 2.55. The number of alkyl halides is 1. The fourth-order valence-electron chi connectivity index (χ4n) is 1.81. The topological polar surface area (TPSA) is 21.3 Å². The standard InChI is InChI=1S/C11H22ClNO/c1-9(2)14-8-7-13-11-5-3-10(12)4-6-11/h9-11,13H,3-8H2,1-2H3.